The average molecular weight is 328 g/mol. The van der Waals surface area contributed by atoms with Crippen LogP contribution in [0.25, 0.3) is 10.9 Å². The molecule has 4 heteroatoms. The number of aromatic nitrogens is 1. The number of likely N-dealkylation sites (tertiary alicyclic amines) is 1. The lowest BCUT2D eigenvalue weighted by Crippen LogP contribution is -2.46. The minimum absolute atomic E-state index is 0.184. The fourth-order valence-corrected chi connectivity index (χ4v) is 3.67. The molecule has 4 nitrogen and oxygen atoms in total. The maximum atomic E-state index is 12.4. The Morgan fingerprint density at radius 2 is 2.00 bits per heavy atom. The summed E-state index contributed by atoms with van der Waals surface area (Å²) >= 11 is 0. The first-order valence-electron chi connectivity index (χ1n) is 8.92. The monoisotopic (exact) mass is 328 g/mol. The first-order chi connectivity index (χ1) is 11.4. The van der Waals surface area contributed by atoms with Gasteiger partial charge < -0.3 is 14.2 Å². The van der Waals surface area contributed by atoms with E-state index >= 15 is 0 Å². The summed E-state index contributed by atoms with van der Waals surface area (Å²) in [4.78, 5) is 14.3. The number of rotatable bonds is 2. The highest BCUT2D eigenvalue weighted by atomic mass is 16.6. The summed E-state index contributed by atoms with van der Waals surface area (Å²) in [5, 5.41) is 1.28. The number of amides is 1. The van der Waals surface area contributed by atoms with Crippen LogP contribution in [0.2, 0.25) is 0 Å². The number of hydrogen-bond donors (Lipinski definition) is 0. The van der Waals surface area contributed by atoms with Gasteiger partial charge in [0.05, 0.1) is 0 Å². The number of piperidine rings is 1. The SMILES string of the molecule is CCC1CN(C(=O)OC(C)(C)C)CCC1n1ccc2ccccc21. The Morgan fingerprint density at radius 3 is 2.71 bits per heavy atom. The smallest absolute Gasteiger partial charge is 0.410 e. The highest BCUT2D eigenvalue weighted by Crippen LogP contribution is 2.34. The van der Waals surface area contributed by atoms with Crippen molar-refractivity contribution in [2.75, 3.05) is 13.1 Å². The molecule has 2 unspecified atom stereocenters. The first kappa shape index (κ1) is 16.9. The molecule has 0 radical (unpaired) electrons. The predicted octanol–water partition coefficient (Wildman–Crippen LogP) is 4.85. The largest absolute Gasteiger partial charge is 0.444 e. The second kappa shape index (κ2) is 6.50. The fraction of sp³-hybridized carbons (Fsp3) is 0.550. The van der Waals surface area contributed by atoms with Gasteiger partial charge in [0.15, 0.2) is 0 Å². The third-order valence-corrected chi connectivity index (χ3v) is 4.86. The zero-order valence-corrected chi connectivity index (χ0v) is 15.2. The van der Waals surface area contributed by atoms with Crippen molar-refractivity contribution in [2.45, 2.75) is 52.2 Å². The summed E-state index contributed by atoms with van der Waals surface area (Å²) in [6.07, 6.45) is 4.03. The van der Waals surface area contributed by atoms with Crippen LogP contribution in [0.5, 0.6) is 0 Å². The molecule has 2 aromatic rings. The van der Waals surface area contributed by atoms with E-state index < -0.39 is 5.60 Å². The number of nitrogens with zero attached hydrogens (tertiary/aromatic N) is 2. The number of para-hydroxylation sites is 1. The zero-order chi connectivity index (χ0) is 17.3. The molecule has 1 saturated heterocycles. The molecule has 1 aliphatic rings. The van der Waals surface area contributed by atoms with Crippen LogP contribution >= 0.6 is 0 Å². The summed E-state index contributed by atoms with van der Waals surface area (Å²) in [5.41, 5.74) is 0.846. The highest BCUT2D eigenvalue weighted by molar-refractivity contribution is 5.80. The van der Waals surface area contributed by atoms with Crippen molar-refractivity contribution >= 4 is 17.0 Å². The minimum Gasteiger partial charge on any atom is -0.444 e. The van der Waals surface area contributed by atoms with Gasteiger partial charge in [0.2, 0.25) is 0 Å². The number of carbonyl (C=O) groups excluding carboxylic acids is 1. The predicted molar refractivity (Wildman–Crippen MR) is 97.2 cm³/mol. The van der Waals surface area contributed by atoms with Crippen LogP contribution in [0.3, 0.4) is 0 Å². The van der Waals surface area contributed by atoms with Crippen LogP contribution in [-0.2, 0) is 4.74 Å². The van der Waals surface area contributed by atoms with Gasteiger partial charge in [0.1, 0.15) is 5.60 Å². The highest BCUT2D eigenvalue weighted by Gasteiger charge is 2.33. The minimum atomic E-state index is -0.438. The van der Waals surface area contributed by atoms with Crippen molar-refractivity contribution in [3.8, 4) is 0 Å². The molecule has 130 valence electrons. The Hall–Kier alpha value is -1.97. The summed E-state index contributed by atoms with van der Waals surface area (Å²) in [7, 11) is 0. The fourth-order valence-electron chi connectivity index (χ4n) is 3.67. The van der Waals surface area contributed by atoms with E-state index in [9.17, 15) is 4.79 Å². The summed E-state index contributed by atoms with van der Waals surface area (Å²) in [6, 6.07) is 11.1. The van der Waals surface area contributed by atoms with Crippen LogP contribution in [0.1, 0.15) is 46.6 Å². The zero-order valence-electron chi connectivity index (χ0n) is 15.2. The van der Waals surface area contributed by atoms with Crippen molar-refractivity contribution in [1.82, 2.24) is 9.47 Å². The van der Waals surface area contributed by atoms with Crippen molar-refractivity contribution in [3.63, 3.8) is 0 Å². The van der Waals surface area contributed by atoms with Crippen LogP contribution in [0.15, 0.2) is 36.5 Å². The van der Waals surface area contributed by atoms with Crippen LogP contribution < -0.4 is 0 Å². The lowest BCUT2D eigenvalue weighted by molar-refractivity contribution is 0.0111. The van der Waals surface area contributed by atoms with E-state index in [1.807, 2.05) is 25.7 Å². The molecule has 3 rings (SSSR count). The molecule has 0 saturated carbocycles. The summed E-state index contributed by atoms with van der Waals surface area (Å²) < 4.78 is 7.95. The van der Waals surface area contributed by atoms with Gasteiger partial charge in [-0.05, 0) is 57.0 Å². The van der Waals surface area contributed by atoms with E-state index in [1.54, 1.807) is 0 Å². The van der Waals surface area contributed by atoms with Gasteiger partial charge in [-0.1, -0.05) is 25.1 Å². The molecular formula is C20H28N2O2. The maximum Gasteiger partial charge on any atom is 0.410 e. The molecule has 2 heterocycles. The molecule has 1 aromatic heterocycles. The van der Waals surface area contributed by atoms with Crippen LogP contribution in [0, 0.1) is 5.92 Å². The van der Waals surface area contributed by atoms with Crippen molar-refractivity contribution in [3.05, 3.63) is 36.5 Å². The van der Waals surface area contributed by atoms with E-state index in [0.29, 0.717) is 12.0 Å². The van der Waals surface area contributed by atoms with Gasteiger partial charge in [0, 0.05) is 30.8 Å². The van der Waals surface area contributed by atoms with E-state index in [0.717, 1.165) is 25.9 Å². The molecule has 1 aliphatic heterocycles. The number of fused-ring (bicyclic) bond motifs is 1. The standard InChI is InChI=1S/C20H28N2O2/c1-5-15-14-21(19(23)24-20(2,3)4)12-11-18(15)22-13-10-16-8-6-7-9-17(16)22/h6-10,13,15,18H,5,11-12,14H2,1-4H3. The normalized spacial score (nSPS) is 21.9. The van der Waals surface area contributed by atoms with Gasteiger partial charge in [-0.15, -0.1) is 0 Å². The van der Waals surface area contributed by atoms with Crippen molar-refractivity contribution in [2.24, 2.45) is 5.92 Å². The molecule has 1 aromatic carbocycles. The lowest BCUT2D eigenvalue weighted by Gasteiger charge is -2.39. The molecule has 1 amide bonds. The van der Waals surface area contributed by atoms with Gasteiger partial charge in [0.25, 0.3) is 0 Å². The molecular weight excluding hydrogens is 300 g/mol. The molecule has 0 aliphatic carbocycles. The topological polar surface area (TPSA) is 34.5 Å². The third kappa shape index (κ3) is 3.42. The van der Waals surface area contributed by atoms with E-state index in [2.05, 4.69) is 48.0 Å². The second-order valence-electron chi connectivity index (χ2n) is 7.73. The van der Waals surface area contributed by atoms with Crippen LogP contribution in [0.4, 0.5) is 4.79 Å². The van der Waals surface area contributed by atoms with Gasteiger partial charge in [-0.2, -0.15) is 0 Å². The Balaban J connectivity index is 1.77. The van der Waals surface area contributed by atoms with Crippen molar-refractivity contribution in [1.29, 1.82) is 0 Å². The molecule has 2 atom stereocenters. The maximum absolute atomic E-state index is 12.4. The van der Waals surface area contributed by atoms with Crippen molar-refractivity contribution < 1.29 is 9.53 Å². The summed E-state index contributed by atoms with van der Waals surface area (Å²) in [6.45, 7) is 9.48. The Labute approximate surface area is 144 Å². The number of benzene rings is 1. The number of hydrogen-bond acceptors (Lipinski definition) is 2. The van der Waals surface area contributed by atoms with Gasteiger partial charge in [-0.3, -0.25) is 0 Å². The van der Waals surface area contributed by atoms with Gasteiger partial charge in [-0.25, -0.2) is 4.79 Å². The molecule has 0 spiro atoms. The lowest BCUT2D eigenvalue weighted by atomic mass is 9.89. The quantitative estimate of drug-likeness (QED) is 0.790. The first-order valence-corrected chi connectivity index (χ1v) is 8.92. The third-order valence-electron chi connectivity index (χ3n) is 4.86. The Morgan fingerprint density at radius 1 is 1.25 bits per heavy atom. The summed E-state index contributed by atoms with van der Waals surface area (Å²) in [5.74, 6) is 0.446. The molecule has 0 bridgehead atoms. The average Bonchev–Trinajstić information content (AvgIpc) is 2.96. The molecule has 24 heavy (non-hydrogen) atoms. The molecule has 1 fully saturated rings. The Kier molecular flexibility index (Phi) is 4.57. The Bertz CT molecular complexity index is 714. The number of carbonyl (C=O) groups is 1. The molecule has 0 N–H and O–H groups in total. The van der Waals surface area contributed by atoms with Crippen LogP contribution in [-0.4, -0.2) is 34.3 Å². The second-order valence-corrected chi connectivity index (χ2v) is 7.73. The number of ether oxygens (including phenoxy) is 1. The van der Waals surface area contributed by atoms with E-state index in [1.165, 1.54) is 10.9 Å². The van der Waals surface area contributed by atoms with E-state index in [4.69, 9.17) is 4.74 Å². The van der Waals surface area contributed by atoms with E-state index in [-0.39, 0.29) is 6.09 Å². The van der Waals surface area contributed by atoms with Gasteiger partial charge >= 0.3 is 6.09 Å².